The van der Waals surface area contributed by atoms with Crippen molar-refractivity contribution < 1.29 is 4.79 Å². The van der Waals surface area contributed by atoms with Crippen molar-refractivity contribution in [1.29, 1.82) is 0 Å². The van der Waals surface area contributed by atoms with Crippen molar-refractivity contribution in [1.82, 2.24) is 5.32 Å². The molecule has 0 bridgehead atoms. The third kappa shape index (κ3) is 4.15. The van der Waals surface area contributed by atoms with Crippen LogP contribution in [0.3, 0.4) is 0 Å². The maximum atomic E-state index is 12.1. The summed E-state index contributed by atoms with van der Waals surface area (Å²) in [6, 6.07) is 5.90. The van der Waals surface area contributed by atoms with Crippen molar-refractivity contribution in [2.24, 2.45) is 11.7 Å². The van der Waals surface area contributed by atoms with Gasteiger partial charge in [0.1, 0.15) is 0 Å². The van der Waals surface area contributed by atoms with E-state index >= 15 is 0 Å². The molecule has 1 aromatic carbocycles. The first kappa shape index (κ1) is 14.7. The molecule has 1 atom stereocenters. The molecular formula is C15H24N2O. The first-order valence-electron chi connectivity index (χ1n) is 6.51. The zero-order valence-electron chi connectivity index (χ0n) is 11.8. The summed E-state index contributed by atoms with van der Waals surface area (Å²) < 4.78 is 0. The fourth-order valence-electron chi connectivity index (χ4n) is 2.17. The van der Waals surface area contributed by atoms with Crippen LogP contribution >= 0.6 is 0 Å². The van der Waals surface area contributed by atoms with E-state index in [1.807, 2.05) is 32.0 Å². The lowest BCUT2D eigenvalue weighted by Gasteiger charge is -2.16. The van der Waals surface area contributed by atoms with Gasteiger partial charge in [0.25, 0.3) is 5.91 Å². The van der Waals surface area contributed by atoms with Gasteiger partial charge in [-0.2, -0.15) is 0 Å². The zero-order valence-corrected chi connectivity index (χ0v) is 11.8. The molecule has 0 spiro atoms. The van der Waals surface area contributed by atoms with Crippen LogP contribution in [0.2, 0.25) is 0 Å². The Kier molecular flexibility index (Phi) is 5.35. The molecule has 0 aliphatic carbocycles. The highest BCUT2D eigenvalue weighted by molar-refractivity contribution is 5.97. The number of nitrogens with two attached hydrogens (primary N) is 1. The molecule has 0 heterocycles. The molecule has 0 fully saturated rings. The van der Waals surface area contributed by atoms with Gasteiger partial charge in [-0.3, -0.25) is 4.79 Å². The van der Waals surface area contributed by atoms with Crippen LogP contribution in [0, 0.1) is 19.8 Å². The topological polar surface area (TPSA) is 55.1 Å². The molecule has 100 valence electrons. The molecular weight excluding hydrogens is 224 g/mol. The predicted octanol–water partition coefficient (Wildman–Crippen LogP) is 2.41. The smallest absolute Gasteiger partial charge is 0.251 e. The largest absolute Gasteiger partial charge is 0.350 e. The van der Waals surface area contributed by atoms with Crippen molar-refractivity contribution >= 4 is 5.91 Å². The van der Waals surface area contributed by atoms with Crippen LogP contribution in [-0.2, 0) is 0 Å². The number of rotatable bonds is 5. The second-order valence-electron chi connectivity index (χ2n) is 5.37. The van der Waals surface area contributed by atoms with Gasteiger partial charge in [0, 0.05) is 18.2 Å². The molecule has 0 saturated carbocycles. The molecule has 0 radical (unpaired) electrons. The highest BCUT2D eigenvalue weighted by Crippen LogP contribution is 2.13. The number of nitrogens with one attached hydrogen (secondary N) is 1. The number of amides is 1. The third-order valence-corrected chi connectivity index (χ3v) is 3.01. The number of aryl methyl sites for hydroxylation is 2. The number of benzene rings is 1. The van der Waals surface area contributed by atoms with Crippen LogP contribution in [0.25, 0.3) is 0 Å². The van der Waals surface area contributed by atoms with Crippen LogP contribution in [0.15, 0.2) is 18.2 Å². The number of hydrogen-bond acceptors (Lipinski definition) is 2. The van der Waals surface area contributed by atoms with E-state index in [9.17, 15) is 4.79 Å². The van der Waals surface area contributed by atoms with Crippen molar-refractivity contribution in [3.05, 3.63) is 34.9 Å². The highest BCUT2D eigenvalue weighted by atomic mass is 16.1. The van der Waals surface area contributed by atoms with E-state index in [4.69, 9.17) is 5.73 Å². The molecule has 1 aromatic rings. The van der Waals surface area contributed by atoms with Gasteiger partial charge < -0.3 is 11.1 Å². The summed E-state index contributed by atoms with van der Waals surface area (Å²) in [5, 5.41) is 2.92. The van der Waals surface area contributed by atoms with E-state index < -0.39 is 0 Å². The van der Waals surface area contributed by atoms with Gasteiger partial charge in [0.15, 0.2) is 0 Å². The van der Waals surface area contributed by atoms with Gasteiger partial charge in [-0.25, -0.2) is 0 Å². The molecule has 0 aromatic heterocycles. The summed E-state index contributed by atoms with van der Waals surface area (Å²) in [4.78, 5) is 12.1. The second-order valence-corrected chi connectivity index (χ2v) is 5.37. The van der Waals surface area contributed by atoms with Crippen LogP contribution in [0.4, 0.5) is 0 Å². The van der Waals surface area contributed by atoms with Crippen LogP contribution < -0.4 is 11.1 Å². The summed E-state index contributed by atoms with van der Waals surface area (Å²) in [5.74, 6) is 0.530. The molecule has 0 aliphatic heterocycles. The molecule has 3 heteroatoms. The van der Waals surface area contributed by atoms with E-state index in [1.54, 1.807) is 0 Å². The van der Waals surface area contributed by atoms with Gasteiger partial charge in [-0.05, 0) is 37.3 Å². The van der Waals surface area contributed by atoms with Crippen LogP contribution in [0.1, 0.15) is 41.8 Å². The van der Waals surface area contributed by atoms with E-state index in [1.165, 1.54) is 0 Å². The summed E-state index contributed by atoms with van der Waals surface area (Å²) in [6.07, 6.45) is 0.924. The molecule has 18 heavy (non-hydrogen) atoms. The Labute approximate surface area is 110 Å². The Hall–Kier alpha value is -1.35. The lowest BCUT2D eigenvalue weighted by molar-refractivity contribution is 0.0949. The quantitative estimate of drug-likeness (QED) is 0.840. The molecule has 3 N–H and O–H groups in total. The minimum atomic E-state index is -0.0233. The maximum absolute atomic E-state index is 12.1. The van der Waals surface area contributed by atoms with Gasteiger partial charge in [0.05, 0.1) is 0 Å². The second kappa shape index (κ2) is 6.55. The molecule has 1 amide bonds. The first-order valence-corrected chi connectivity index (χ1v) is 6.51. The molecule has 1 unspecified atom stereocenters. The first-order chi connectivity index (χ1) is 8.41. The van der Waals surface area contributed by atoms with Gasteiger partial charge in [-0.15, -0.1) is 0 Å². The summed E-state index contributed by atoms with van der Waals surface area (Å²) in [5.41, 5.74) is 8.74. The van der Waals surface area contributed by atoms with Crippen molar-refractivity contribution in [2.75, 3.05) is 6.54 Å². The summed E-state index contributed by atoms with van der Waals surface area (Å²) in [7, 11) is 0. The van der Waals surface area contributed by atoms with Gasteiger partial charge in [-0.1, -0.05) is 32.0 Å². The summed E-state index contributed by atoms with van der Waals surface area (Å²) >= 11 is 0. The van der Waals surface area contributed by atoms with E-state index in [2.05, 4.69) is 19.2 Å². The minimum Gasteiger partial charge on any atom is -0.350 e. The molecule has 0 aliphatic rings. The highest BCUT2D eigenvalue weighted by Gasteiger charge is 2.13. The Morgan fingerprint density at radius 2 is 1.83 bits per heavy atom. The minimum absolute atomic E-state index is 0.0233. The van der Waals surface area contributed by atoms with E-state index in [-0.39, 0.29) is 11.9 Å². The molecule has 1 rings (SSSR count). The van der Waals surface area contributed by atoms with E-state index in [0.717, 1.165) is 23.1 Å². The number of hydrogen-bond donors (Lipinski definition) is 2. The lowest BCUT2D eigenvalue weighted by Crippen LogP contribution is -2.38. The van der Waals surface area contributed by atoms with Crippen molar-refractivity contribution in [3.8, 4) is 0 Å². The van der Waals surface area contributed by atoms with Crippen LogP contribution in [-0.4, -0.2) is 18.5 Å². The van der Waals surface area contributed by atoms with Crippen LogP contribution in [0.5, 0.6) is 0 Å². The Morgan fingerprint density at radius 1 is 1.28 bits per heavy atom. The zero-order chi connectivity index (χ0) is 13.7. The van der Waals surface area contributed by atoms with Crippen molar-refractivity contribution in [3.63, 3.8) is 0 Å². The fourth-order valence-corrected chi connectivity index (χ4v) is 2.17. The monoisotopic (exact) mass is 248 g/mol. The Balaban J connectivity index is 2.61. The summed E-state index contributed by atoms with van der Waals surface area (Å²) in [6.45, 7) is 8.71. The lowest BCUT2D eigenvalue weighted by atomic mass is 10.0. The fraction of sp³-hybridized carbons (Fsp3) is 0.533. The maximum Gasteiger partial charge on any atom is 0.251 e. The number of carbonyl (C=O) groups excluding carboxylic acids is 1. The molecule has 0 saturated heterocycles. The normalized spacial score (nSPS) is 12.6. The van der Waals surface area contributed by atoms with E-state index in [0.29, 0.717) is 12.5 Å². The SMILES string of the molecule is Cc1cccc(C)c1C(=O)NCC(N)CC(C)C. The predicted molar refractivity (Wildman–Crippen MR) is 75.7 cm³/mol. The average molecular weight is 248 g/mol. The molecule has 3 nitrogen and oxygen atoms in total. The van der Waals surface area contributed by atoms with Crippen molar-refractivity contribution in [2.45, 2.75) is 40.2 Å². The number of carbonyl (C=O) groups is 1. The van der Waals surface area contributed by atoms with Gasteiger partial charge in [0.2, 0.25) is 0 Å². The Bertz CT molecular complexity index is 393. The standard InChI is InChI=1S/C15H24N2O/c1-10(2)8-13(16)9-17-15(18)14-11(3)6-5-7-12(14)4/h5-7,10,13H,8-9,16H2,1-4H3,(H,17,18). The van der Waals surface area contributed by atoms with Gasteiger partial charge >= 0.3 is 0 Å². The third-order valence-electron chi connectivity index (χ3n) is 3.01. The Morgan fingerprint density at radius 3 is 2.33 bits per heavy atom. The average Bonchev–Trinajstić information content (AvgIpc) is 2.25.